The molecule has 0 heterocycles. The van der Waals surface area contributed by atoms with Crippen molar-refractivity contribution in [2.24, 2.45) is 5.92 Å². The van der Waals surface area contributed by atoms with Crippen molar-refractivity contribution in [2.75, 3.05) is 0 Å². The topological polar surface area (TPSA) is 37.3 Å². The molecule has 0 aliphatic heterocycles. The molecule has 0 aromatic carbocycles. The molecule has 0 amide bonds. The second-order valence-electron chi connectivity index (χ2n) is 7.11. The highest BCUT2D eigenvalue weighted by molar-refractivity contribution is 5.69. The predicted molar refractivity (Wildman–Crippen MR) is 137 cm³/mol. The van der Waals surface area contributed by atoms with E-state index in [-0.39, 0.29) is 5.92 Å². The highest BCUT2D eigenvalue weighted by Gasteiger charge is 2.15. The van der Waals surface area contributed by atoms with Crippen LogP contribution >= 0.6 is 0 Å². The van der Waals surface area contributed by atoms with E-state index in [1.807, 2.05) is 92.0 Å². The molecule has 0 rings (SSSR count). The van der Waals surface area contributed by atoms with Gasteiger partial charge in [-0.15, -0.1) is 6.58 Å². The molecular weight excluding hydrogens is 380 g/mol. The number of carbonyl (C=O) groups is 1. The summed E-state index contributed by atoms with van der Waals surface area (Å²) in [6, 6.07) is 0. The zero-order valence-electron chi connectivity index (χ0n) is 19.1. The molecule has 0 aliphatic carbocycles. The molecular formula is C29H40O2. The standard InChI is InChI=1S/C29H40O2/c1-3-5-7-9-11-13-15-16-17-19-21-23-25-27-28(29(30)31)26-24-22-20-18-14-12-10-8-6-4-2/h3-4,6,8,10-21,23,28H,1,5,7,9,22,24-27H2,2H3,(H,30,31)/b6-4+,10-8+,13-11+,14-12+,16-15+,19-17+,20-18+,23-21+. The lowest BCUT2D eigenvalue weighted by Crippen LogP contribution is -2.13. The van der Waals surface area contributed by atoms with Gasteiger partial charge in [-0.25, -0.2) is 0 Å². The summed E-state index contributed by atoms with van der Waals surface area (Å²) >= 11 is 0. The number of hydrogen-bond donors (Lipinski definition) is 1. The average Bonchev–Trinajstić information content (AvgIpc) is 2.76. The minimum absolute atomic E-state index is 0.271. The molecule has 0 spiro atoms. The number of allylic oxidation sites excluding steroid dienone is 17. The van der Waals surface area contributed by atoms with Crippen molar-refractivity contribution in [3.05, 3.63) is 110 Å². The van der Waals surface area contributed by atoms with E-state index < -0.39 is 5.97 Å². The van der Waals surface area contributed by atoms with Gasteiger partial charge in [-0.1, -0.05) is 103 Å². The largest absolute Gasteiger partial charge is 0.481 e. The lowest BCUT2D eigenvalue weighted by atomic mass is 9.96. The Labute approximate surface area is 190 Å². The summed E-state index contributed by atoms with van der Waals surface area (Å²) in [6.07, 6.45) is 41.4. The maximum Gasteiger partial charge on any atom is 0.306 e. The molecule has 0 saturated heterocycles. The summed E-state index contributed by atoms with van der Waals surface area (Å²) in [7, 11) is 0. The van der Waals surface area contributed by atoms with Gasteiger partial charge in [0, 0.05) is 0 Å². The second-order valence-corrected chi connectivity index (χ2v) is 7.11. The maximum atomic E-state index is 11.4. The number of carboxylic acid groups (broad SMARTS) is 1. The number of aliphatic carboxylic acids is 1. The van der Waals surface area contributed by atoms with Crippen molar-refractivity contribution in [3.63, 3.8) is 0 Å². The van der Waals surface area contributed by atoms with Gasteiger partial charge in [0.25, 0.3) is 0 Å². The highest BCUT2D eigenvalue weighted by atomic mass is 16.4. The van der Waals surface area contributed by atoms with Crippen LogP contribution in [0.15, 0.2) is 110 Å². The van der Waals surface area contributed by atoms with E-state index in [0.717, 1.165) is 44.9 Å². The number of hydrogen-bond acceptors (Lipinski definition) is 1. The average molecular weight is 421 g/mol. The molecule has 0 bridgehead atoms. The van der Waals surface area contributed by atoms with Gasteiger partial charge < -0.3 is 5.11 Å². The van der Waals surface area contributed by atoms with E-state index in [9.17, 15) is 9.90 Å². The van der Waals surface area contributed by atoms with Crippen LogP contribution in [-0.2, 0) is 4.79 Å². The first kappa shape index (κ1) is 28.1. The fraction of sp³-hybridized carbons (Fsp3) is 0.345. The van der Waals surface area contributed by atoms with Gasteiger partial charge in [0.1, 0.15) is 0 Å². The zero-order chi connectivity index (χ0) is 22.8. The van der Waals surface area contributed by atoms with Crippen LogP contribution in [0.25, 0.3) is 0 Å². The minimum Gasteiger partial charge on any atom is -0.481 e. The Kier molecular flexibility index (Phi) is 21.2. The van der Waals surface area contributed by atoms with E-state index in [2.05, 4.69) is 24.8 Å². The maximum absolute atomic E-state index is 11.4. The van der Waals surface area contributed by atoms with Gasteiger partial charge >= 0.3 is 5.97 Å². The molecule has 0 aromatic rings. The van der Waals surface area contributed by atoms with Gasteiger partial charge in [-0.2, -0.15) is 0 Å². The predicted octanol–water partition coefficient (Wildman–Crippen LogP) is 8.46. The first-order chi connectivity index (χ1) is 15.2. The van der Waals surface area contributed by atoms with E-state index in [1.54, 1.807) is 0 Å². The van der Waals surface area contributed by atoms with Crippen LogP contribution < -0.4 is 0 Å². The third-order valence-electron chi connectivity index (χ3n) is 4.45. The number of carboxylic acids is 1. The molecule has 31 heavy (non-hydrogen) atoms. The number of unbranched alkanes of at least 4 members (excludes halogenated alkanes) is 3. The van der Waals surface area contributed by atoms with Crippen LogP contribution in [0.4, 0.5) is 0 Å². The van der Waals surface area contributed by atoms with Crippen LogP contribution in [0.3, 0.4) is 0 Å². The Hall–Kier alpha value is -2.87. The van der Waals surface area contributed by atoms with Crippen molar-refractivity contribution >= 4 is 5.97 Å². The van der Waals surface area contributed by atoms with Crippen LogP contribution in [0.1, 0.15) is 58.3 Å². The summed E-state index contributed by atoms with van der Waals surface area (Å²) in [5.74, 6) is -0.961. The molecule has 1 N–H and O–H groups in total. The molecule has 0 radical (unpaired) electrons. The summed E-state index contributed by atoms with van der Waals surface area (Å²) < 4.78 is 0. The van der Waals surface area contributed by atoms with Gasteiger partial charge in [0.15, 0.2) is 0 Å². The molecule has 0 aromatic heterocycles. The SMILES string of the molecule is C=CCCC/C=C/C=C/C=C/C=C/CCC(CCC/C=C/C=C/C=C/C=C/C)C(=O)O. The smallest absolute Gasteiger partial charge is 0.306 e. The summed E-state index contributed by atoms with van der Waals surface area (Å²) in [6.45, 7) is 5.70. The highest BCUT2D eigenvalue weighted by Crippen LogP contribution is 2.16. The van der Waals surface area contributed by atoms with E-state index >= 15 is 0 Å². The Bertz CT molecular complexity index is 682. The van der Waals surface area contributed by atoms with Crippen molar-refractivity contribution in [2.45, 2.75) is 58.3 Å². The van der Waals surface area contributed by atoms with E-state index in [4.69, 9.17) is 0 Å². The van der Waals surface area contributed by atoms with Crippen LogP contribution in [0, 0.1) is 5.92 Å². The Morgan fingerprint density at radius 3 is 1.68 bits per heavy atom. The zero-order valence-corrected chi connectivity index (χ0v) is 19.1. The molecule has 0 saturated carbocycles. The van der Waals surface area contributed by atoms with Crippen LogP contribution in [-0.4, -0.2) is 11.1 Å². The molecule has 2 nitrogen and oxygen atoms in total. The summed E-state index contributed by atoms with van der Waals surface area (Å²) in [5, 5.41) is 9.41. The lowest BCUT2D eigenvalue weighted by molar-refractivity contribution is -0.142. The van der Waals surface area contributed by atoms with Crippen molar-refractivity contribution in [3.8, 4) is 0 Å². The Balaban J connectivity index is 4.00. The number of rotatable bonds is 18. The van der Waals surface area contributed by atoms with Gasteiger partial charge in [0.2, 0.25) is 0 Å². The fourth-order valence-corrected chi connectivity index (χ4v) is 2.70. The monoisotopic (exact) mass is 420 g/mol. The van der Waals surface area contributed by atoms with Crippen molar-refractivity contribution in [1.29, 1.82) is 0 Å². The first-order valence-electron chi connectivity index (χ1n) is 11.3. The van der Waals surface area contributed by atoms with Crippen molar-refractivity contribution < 1.29 is 9.90 Å². The molecule has 0 aliphatic rings. The van der Waals surface area contributed by atoms with Crippen LogP contribution in [0.2, 0.25) is 0 Å². The molecule has 168 valence electrons. The fourth-order valence-electron chi connectivity index (χ4n) is 2.70. The minimum atomic E-state index is -0.690. The van der Waals surface area contributed by atoms with Gasteiger partial charge in [0.05, 0.1) is 5.92 Å². The third-order valence-corrected chi connectivity index (χ3v) is 4.45. The molecule has 1 atom stereocenters. The normalized spacial score (nSPS) is 14.2. The first-order valence-corrected chi connectivity index (χ1v) is 11.3. The Morgan fingerprint density at radius 2 is 1.16 bits per heavy atom. The lowest BCUT2D eigenvalue weighted by Gasteiger charge is -2.09. The summed E-state index contributed by atoms with van der Waals surface area (Å²) in [5.41, 5.74) is 0. The van der Waals surface area contributed by atoms with E-state index in [0.29, 0.717) is 6.42 Å². The van der Waals surface area contributed by atoms with Gasteiger partial charge in [-0.05, 0) is 58.3 Å². The molecule has 2 heteroatoms. The van der Waals surface area contributed by atoms with Crippen molar-refractivity contribution in [1.82, 2.24) is 0 Å². The quantitative estimate of drug-likeness (QED) is 0.137. The third kappa shape index (κ3) is 21.7. The second kappa shape index (κ2) is 23.4. The Morgan fingerprint density at radius 1 is 0.677 bits per heavy atom. The van der Waals surface area contributed by atoms with Gasteiger partial charge in [-0.3, -0.25) is 4.79 Å². The van der Waals surface area contributed by atoms with Crippen LogP contribution in [0.5, 0.6) is 0 Å². The molecule has 1 unspecified atom stereocenters. The molecule has 0 fully saturated rings. The van der Waals surface area contributed by atoms with E-state index in [1.165, 1.54) is 0 Å². The summed E-state index contributed by atoms with van der Waals surface area (Å²) in [4.78, 5) is 11.4.